The van der Waals surface area contributed by atoms with Crippen LogP contribution in [0.25, 0.3) is 0 Å². The first-order chi connectivity index (χ1) is 9.08. The fraction of sp³-hybridized carbons (Fsp3) is 0.667. The van der Waals surface area contributed by atoms with Crippen molar-refractivity contribution in [3.8, 4) is 0 Å². The molecule has 1 aromatic heterocycles. The molecule has 2 atom stereocenters. The molecular formula is C15H24N2O2. The van der Waals surface area contributed by atoms with E-state index in [0.717, 1.165) is 24.1 Å². The molecule has 2 rings (SSSR count). The van der Waals surface area contributed by atoms with Gasteiger partial charge in [-0.25, -0.2) is 4.79 Å². The van der Waals surface area contributed by atoms with E-state index in [9.17, 15) is 4.79 Å². The van der Waals surface area contributed by atoms with Crippen molar-refractivity contribution in [3.05, 3.63) is 23.5 Å². The van der Waals surface area contributed by atoms with Crippen LogP contribution < -0.4 is 5.32 Å². The average molecular weight is 264 g/mol. The molecule has 0 amide bonds. The number of hydrogen-bond acceptors (Lipinski definition) is 3. The first kappa shape index (κ1) is 14.1. The molecule has 1 aromatic rings. The minimum absolute atomic E-state index is 0.314. The fourth-order valence-electron chi connectivity index (χ4n) is 3.14. The Kier molecular flexibility index (Phi) is 4.64. The van der Waals surface area contributed by atoms with E-state index in [-0.39, 0.29) is 5.97 Å². The minimum atomic E-state index is -0.314. The van der Waals surface area contributed by atoms with E-state index in [1.807, 2.05) is 6.07 Å². The molecular weight excluding hydrogens is 240 g/mol. The summed E-state index contributed by atoms with van der Waals surface area (Å²) in [4.78, 5) is 14.4. The molecule has 0 aliphatic heterocycles. The molecule has 0 radical (unpaired) electrons. The maximum atomic E-state index is 11.3. The molecule has 0 aromatic carbocycles. The monoisotopic (exact) mass is 264 g/mol. The first-order valence-corrected chi connectivity index (χ1v) is 7.08. The van der Waals surface area contributed by atoms with Gasteiger partial charge in [-0.2, -0.15) is 0 Å². The van der Waals surface area contributed by atoms with E-state index < -0.39 is 0 Å². The van der Waals surface area contributed by atoms with Gasteiger partial charge in [0.25, 0.3) is 0 Å². The van der Waals surface area contributed by atoms with E-state index in [1.165, 1.54) is 26.4 Å². The van der Waals surface area contributed by atoms with Crippen molar-refractivity contribution in [3.63, 3.8) is 0 Å². The summed E-state index contributed by atoms with van der Waals surface area (Å²) < 4.78 is 4.68. The Morgan fingerprint density at radius 2 is 2.00 bits per heavy atom. The molecule has 0 spiro atoms. The van der Waals surface area contributed by atoms with Gasteiger partial charge >= 0.3 is 5.97 Å². The Morgan fingerprint density at radius 1 is 1.32 bits per heavy atom. The number of ether oxygens (including phenoxy) is 1. The van der Waals surface area contributed by atoms with Crippen LogP contribution in [-0.4, -0.2) is 24.1 Å². The normalized spacial score (nSPS) is 27.2. The summed E-state index contributed by atoms with van der Waals surface area (Å²) in [5.74, 6) is 1.29. The minimum Gasteiger partial charge on any atom is -0.464 e. The largest absolute Gasteiger partial charge is 0.464 e. The van der Waals surface area contributed by atoms with Crippen LogP contribution in [0.15, 0.2) is 12.1 Å². The zero-order valence-corrected chi connectivity index (χ0v) is 12.0. The number of aromatic amines is 1. The summed E-state index contributed by atoms with van der Waals surface area (Å²) in [6, 6.07) is 4.30. The zero-order chi connectivity index (χ0) is 13.8. The quantitative estimate of drug-likeness (QED) is 0.822. The Morgan fingerprint density at radius 3 is 2.63 bits per heavy atom. The Bertz CT molecular complexity index is 418. The van der Waals surface area contributed by atoms with E-state index >= 15 is 0 Å². The van der Waals surface area contributed by atoms with Gasteiger partial charge in [0.1, 0.15) is 5.69 Å². The molecule has 19 heavy (non-hydrogen) atoms. The standard InChI is InChI=1S/C15H24N2O2/c1-10-6-11(2)8-13(7-10)16-9-12-4-5-14(17-12)15(18)19-3/h4-5,10-11,13,16-17H,6-9H2,1-3H3. The lowest BCUT2D eigenvalue weighted by Crippen LogP contribution is -2.36. The molecule has 2 N–H and O–H groups in total. The first-order valence-electron chi connectivity index (χ1n) is 7.08. The van der Waals surface area contributed by atoms with Gasteiger partial charge < -0.3 is 15.0 Å². The number of carbonyl (C=O) groups is 1. The van der Waals surface area contributed by atoms with Crippen LogP contribution >= 0.6 is 0 Å². The Hall–Kier alpha value is -1.29. The van der Waals surface area contributed by atoms with E-state index in [0.29, 0.717) is 11.7 Å². The van der Waals surface area contributed by atoms with E-state index in [2.05, 4.69) is 28.9 Å². The van der Waals surface area contributed by atoms with Crippen molar-refractivity contribution in [2.75, 3.05) is 7.11 Å². The molecule has 4 nitrogen and oxygen atoms in total. The number of H-pyrrole nitrogens is 1. The number of rotatable bonds is 4. The van der Waals surface area contributed by atoms with Crippen LogP contribution in [0.2, 0.25) is 0 Å². The number of carbonyl (C=O) groups excluding carboxylic acids is 1. The SMILES string of the molecule is COC(=O)c1ccc(CNC2CC(C)CC(C)C2)[nH]1. The van der Waals surface area contributed by atoms with Gasteiger partial charge in [0, 0.05) is 18.3 Å². The van der Waals surface area contributed by atoms with Gasteiger partial charge in [0.2, 0.25) is 0 Å². The van der Waals surface area contributed by atoms with Gasteiger partial charge in [0.15, 0.2) is 0 Å². The number of esters is 1. The third kappa shape index (κ3) is 3.83. The Labute approximate surface area is 114 Å². The third-order valence-electron chi connectivity index (χ3n) is 3.91. The van der Waals surface area contributed by atoms with Crippen molar-refractivity contribution in [1.29, 1.82) is 0 Å². The Balaban J connectivity index is 1.85. The van der Waals surface area contributed by atoms with Crippen molar-refractivity contribution in [2.45, 2.75) is 45.7 Å². The van der Waals surface area contributed by atoms with Crippen LogP contribution in [0.5, 0.6) is 0 Å². The van der Waals surface area contributed by atoms with Gasteiger partial charge in [-0.05, 0) is 43.2 Å². The maximum absolute atomic E-state index is 11.3. The second-order valence-corrected chi connectivity index (χ2v) is 5.88. The summed E-state index contributed by atoms with van der Waals surface area (Å²) in [6.45, 7) is 5.43. The lowest BCUT2D eigenvalue weighted by molar-refractivity contribution is 0.0594. The molecule has 1 aliphatic carbocycles. The average Bonchev–Trinajstić information content (AvgIpc) is 2.83. The molecule has 1 heterocycles. The molecule has 2 unspecified atom stereocenters. The molecule has 1 fully saturated rings. The summed E-state index contributed by atoms with van der Waals surface area (Å²) in [5.41, 5.74) is 1.55. The smallest absolute Gasteiger partial charge is 0.354 e. The van der Waals surface area contributed by atoms with E-state index in [1.54, 1.807) is 6.07 Å². The number of methoxy groups -OCH3 is 1. The highest BCUT2D eigenvalue weighted by Gasteiger charge is 2.23. The van der Waals surface area contributed by atoms with Crippen LogP contribution in [-0.2, 0) is 11.3 Å². The third-order valence-corrected chi connectivity index (χ3v) is 3.91. The van der Waals surface area contributed by atoms with Gasteiger partial charge in [0.05, 0.1) is 7.11 Å². The molecule has 106 valence electrons. The van der Waals surface area contributed by atoms with Crippen LogP contribution in [0, 0.1) is 11.8 Å². The summed E-state index contributed by atoms with van der Waals surface area (Å²) in [5, 5.41) is 3.59. The predicted octanol–water partition coefficient (Wildman–Crippen LogP) is 2.72. The van der Waals surface area contributed by atoms with Gasteiger partial charge in [-0.1, -0.05) is 13.8 Å². The topological polar surface area (TPSA) is 54.1 Å². The van der Waals surface area contributed by atoms with E-state index in [4.69, 9.17) is 0 Å². The lowest BCUT2D eigenvalue weighted by atomic mass is 9.80. The van der Waals surface area contributed by atoms with Crippen molar-refractivity contribution in [1.82, 2.24) is 10.3 Å². The highest BCUT2D eigenvalue weighted by atomic mass is 16.5. The molecule has 0 bridgehead atoms. The fourth-order valence-corrected chi connectivity index (χ4v) is 3.14. The van der Waals surface area contributed by atoms with Gasteiger partial charge in [-0.15, -0.1) is 0 Å². The molecule has 0 saturated heterocycles. The molecule has 1 saturated carbocycles. The maximum Gasteiger partial charge on any atom is 0.354 e. The van der Waals surface area contributed by atoms with Crippen molar-refractivity contribution in [2.24, 2.45) is 11.8 Å². The number of aromatic nitrogens is 1. The summed E-state index contributed by atoms with van der Waals surface area (Å²) in [6.07, 6.45) is 3.83. The lowest BCUT2D eigenvalue weighted by Gasteiger charge is -2.32. The van der Waals surface area contributed by atoms with Gasteiger partial charge in [-0.3, -0.25) is 0 Å². The second-order valence-electron chi connectivity index (χ2n) is 5.88. The van der Waals surface area contributed by atoms with Crippen LogP contribution in [0.4, 0.5) is 0 Å². The summed E-state index contributed by atoms with van der Waals surface area (Å²) in [7, 11) is 1.39. The number of nitrogens with one attached hydrogen (secondary N) is 2. The zero-order valence-electron chi connectivity index (χ0n) is 12.0. The van der Waals surface area contributed by atoms with Crippen molar-refractivity contribution < 1.29 is 9.53 Å². The van der Waals surface area contributed by atoms with Crippen LogP contribution in [0.3, 0.4) is 0 Å². The highest BCUT2D eigenvalue weighted by Crippen LogP contribution is 2.28. The summed E-state index contributed by atoms with van der Waals surface area (Å²) >= 11 is 0. The predicted molar refractivity (Wildman–Crippen MR) is 74.9 cm³/mol. The second kappa shape index (κ2) is 6.24. The van der Waals surface area contributed by atoms with Crippen molar-refractivity contribution >= 4 is 5.97 Å². The molecule has 4 heteroatoms. The number of hydrogen-bond donors (Lipinski definition) is 2. The molecule has 1 aliphatic rings. The van der Waals surface area contributed by atoms with Crippen LogP contribution in [0.1, 0.15) is 49.3 Å². The highest BCUT2D eigenvalue weighted by molar-refractivity contribution is 5.87.